The summed E-state index contributed by atoms with van der Waals surface area (Å²) in [6.45, 7) is 0. The number of phenolic OH excluding ortho intramolecular Hbond substituents is 1. The molecule has 3 aromatic rings. The van der Waals surface area contributed by atoms with Crippen LogP contribution in [0, 0.1) is 5.82 Å². The quantitative estimate of drug-likeness (QED) is 0.757. The van der Waals surface area contributed by atoms with Gasteiger partial charge in [0.2, 0.25) is 0 Å². The minimum atomic E-state index is -0.687. The van der Waals surface area contributed by atoms with E-state index in [0.717, 1.165) is 5.56 Å². The first kappa shape index (κ1) is 14.8. The monoisotopic (exact) mass is 314 g/mol. The maximum Gasteiger partial charge on any atom is 0.165 e. The predicted octanol–water partition coefficient (Wildman–Crippen LogP) is 2.46. The van der Waals surface area contributed by atoms with E-state index in [9.17, 15) is 9.50 Å². The topological polar surface area (TPSA) is 72.2 Å². The molecule has 0 amide bonds. The van der Waals surface area contributed by atoms with Crippen LogP contribution in [0.15, 0.2) is 55.1 Å². The number of benzene rings is 2. The van der Waals surface area contributed by atoms with E-state index in [1.807, 2.05) is 18.2 Å². The number of para-hydroxylation sites is 2. The molecule has 0 fully saturated rings. The summed E-state index contributed by atoms with van der Waals surface area (Å²) in [5, 5.41) is 17.6. The minimum Gasteiger partial charge on any atom is -0.505 e. The van der Waals surface area contributed by atoms with E-state index >= 15 is 0 Å². The van der Waals surface area contributed by atoms with Gasteiger partial charge in [0.1, 0.15) is 18.4 Å². The number of aromatic nitrogens is 3. The second kappa shape index (κ2) is 6.35. The van der Waals surface area contributed by atoms with Crippen LogP contribution < -0.4 is 10.2 Å². The Hall–Kier alpha value is -3.09. The van der Waals surface area contributed by atoms with Crippen molar-refractivity contribution in [1.82, 2.24) is 14.9 Å². The van der Waals surface area contributed by atoms with E-state index in [2.05, 4.69) is 15.6 Å². The number of aromatic hydroxyl groups is 1. The number of nitrogens with one attached hydrogen (secondary N) is 1. The van der Waals surface area contributed by atoms with Gasteiger partial charge in [0, 0.05) is 11.1 Å². The van der Waals surface area contributed by atoms with Crippen LogP contribution >= 0.6 is 0 Å². The Morgan fingerprint density at radius 1 is 1.09 bits per heavy atom. The lowest BCUT2D eigenvalue weighted by atomic mass is 9.97. The first-order chi connectivity index (χ1) is 11.2. The van der Waals surface area contributed by atoms with Crippen LogP contribution in [0.1, 0.15) is 17.2 Å². The third-order valence-electron chi connectivity index (χ3n) is 3.48. The highest BCUT2D eigenvalue weighted by Gasteiger charge is 2.22. The Morgan fingerprint density at radius 3 is 2.52 bits per heavy atom. The highest BCUT2D eigenvalue weighted by Crippen LogP contribution is 2.35. The molecule has 0 radical (unpaired) electrons. The van der Waals surface area contributed by atoms with Crippen molar-refractivity contribution in [2.75, 3.05) is 12.5 Å². The summed E-state index contributed by atoms with van der Waals surface area (Å²) >= 11 is 0. The lowest BCUT2D eigenvalue weighted by Crippen LogP contribution is -2.21. The fraction of sp³-hybridized carbons (Fsp3) is 0.125. The molecule has 0 aliphatic rings. The minimum absolute atomic E-state index is 0.378. The molecule has 1 heterocycles. The Labute approximate surface area is 132 Å². The van der Waals surface area contributed by atoms with Crippen molar-refractivity contribution in [1.29, 1.82) is 0 Å². The van der Waals surface area contributed by atoms with Gasteiger partial charge in [-0.1, -0.05) is 30.3 Å². The maximum absolute atomic E-state index is 13.8. The number of rotatable bonds is 5. The van der Waals surface area contributed by atoms with Gasteiger partial charge in [-0.25, -0.2) is 9.07 Å². The zero-order chi connectivity index (χ0) is 16.2. The van der Waals surface area contributed by atoms with Gasteiger partial charge in [-0.15, -0.1) is 10.2 Å². The van der Waals surface area contributed by atoms with Crippen molar-refractivity contribution < 1.29 is 14.2 Å². The molecule has 0 saturated heterocycles. The van der Waals surface area contributed by atoms with Gasteiger partial charge in [0.25, 0.3) is 0 Å². The van der Waals surface area contributed by atoms with E-state index in [-0.39, 0.29) is 0 Å². The number of hydrogen-bond donors (Lipinski definition) is 2. The second-order valence-corrected chi connectivity index (χ2v) is 4.85. The molecule has 3 rings (SSSR count). The van der Waals surface area contributed by atoms with Gasteiger partial charge in [-0.05, 0) is 12.1 Å². The fourth-order valence-electron chi connectivity index (χ4n) is 2.39. The largest absolute Gasteiger partial charge is 0.505 e. The molecule has 6 nitrogen and oxygen atoms in total. The third-order valence-corrected chi connectivity index (χ3v) is 3.48. The predicted molar refractivity (Wildman–Crippen MR) is 82.3 cm³/mol. The average molecular weight is 314 g/mol. The molecule has 0 aliphatic heterocycles. The first-order valence-corrected chi connectivity index (χ1v) is 6.92. The molecule has 118 valence electrons. The van der Waals surface area contributed by atoms with Crippen molar-refractivity contribution in [2.24, 2.45) is 0 Å². The molecular weight excluding hydrogens is 299 g/mol. The molecule has 0 spiro atoms. The second-order valence-electron chi connectivity index (χ2n) is 4.85. The molecule has 1 aromatic heterocycles. The summed E-state index contributed by atoms with van der Waals surface area (Å²) in [6.07, 6.45) is 2.94. The fourth-order valence-corrected chi connectivity index (χ4v) is 2.39. The summed E-state index contributed by atoms with van der Waals surface area (Å²) in [6, 6.07) is 11.2. The summed E-state index contributed by atoms with van der Waals surface area (Å²) in [5.41, 5.74) is 4.24. The van der Waals surface area contributed by atoms with Crippen molar-refractivity contribution in [3.8, 4) is 11.5 Å². The summed E-state index contributed by atoms with van der Waals surface area (Å²) in [4.78, 5) is 0. The highest BCUT2D eigenvalue weighted by atomic mass is 19.1. The Balaban J connectivity index is 2.12. The number of phenols is 1. The maximum atomic E-state index is 13.8. The third kappa shape index (κ3) is 2.94. The van der Waals surface area contributed by atoms with E-state index < -0.39 is 17.6 Å². The average Bonchev–Trinajstić information content (AvgIpc) is 3.09. The Bertz CT molecular complexity index is 793. The van der Waals surface area contributed by atoms with E-state index in [1.54, 1.807) is 25.3 Å². The van der Waals surface area contributed by atoms with Crippen LogP contribution in [0.2, 0.25) is 0 Å². The molecule has 23 heavy (non-hydrogen) atoms. The zero-order valence-electron chi connectivity index (χ0n) is 12.3. The van der Waals surface area contributed by atoms with Crippen molar-refractivity contribution in [3.05, 3.63) is 72.1 Å². The van der Waals surface area contributed by atoms with Crippen LogP contribution in [0.25, 0.3) is 0 Å². The normalized spacial score (nSPS) is 11.9. The van der Waals surface area contributed by atoms with Crippen LogP contribution in [-0.2, 0) is 0 Å². The van der Waals surface area contributed by atoms with Crippen molar-refractivity contribution >= 4 is 0 Å². The van der Waals surface area contributed by atoms with E-state index in [0.29, 0.717) is 11.3 Å². The molecule has 1 atom stereocenters. The van der Waals surface area contributed by atoms with E-state index in [1.165, 1.54) is 23.4 Å². The molecule has 1 unspecified atom stereocenters. The Morgan fingerprint density at radius 2 is 1.78 bits per heavy atom. The molecule has 0 saturated carbocycles. The lowest BCUT2D eigenvalue weighted by molar-refractivity contribution is 0.404. The van der Waals surface area contributed by atoms with Gasteiger partial charge >= 0.3 is 0 Å². The summed E-state index contributed by atoms with van der Waals surface area (Å²) in [7, 11) is 1.56. The molecule has 2 aromatic carbocycles. The van der Waals surface area contributed by atoms with Crippen LogP contribution in [0.4, 0.5) is 4.39 Å². The lowest BCUT2D eigenvalue weighted by Gasteiger charge is -2.23. The van der Waals surface area contributed by atoms with Crippen molar-refractivity contribution in [2.45, 2.75) is 6.04 Å². The zero-order valence-corrected chi connectivity index (χ0v) is 12.3. The summed E-state index contributed by atoms with van der Waals surface area (Å²) < 4.78 is 20.7. The first-order valence-electron chi connectivity index (χ1n) is 6.92. The van der Waals surface area contributed by atoms with Crippen LogP contribution in [0.3, 0.4) is 0 Å². The van der Waals surface area contributed by atoms with Gasteiger partial charge < -0.3 is 15.3 Å². The smallest absolute Gasteiger partial charge is 0.165 e. The summed E-state index contributed by atoms with van der Waals surface area (Å²) in [5.74, 6) is -0.487. The number of ether oxygens (including phenoxy) is 1. The van der Waals surface area contributed by atoms with Gasteiger partial charge in [-0.2, -0.15) is 0 Å². The van der Waals surface area contributed by atoms with Crippen molar-refractivity contribution in [3.63, 3.8) is 0 Å². The van der Waals surface area contributed by atoms with Crippen LogP contribution in [0.5, 0.6) is 11.5 Å². The van der Waals surface area contributed by atoms with Crippen LogP contribution in [-0.4, -0.2) is 27.1 Å². The molecule has 0 bridgehead atoms. The molecule has 0 aliphatic carbocycles. The van der Waals surface area contributed by atoms with Gasteiger partial charge in [0.05, 0.1) is 13.2 Å². The number of hydrogen-bond acceptors (Lipinski definition) is 5. The Kier molecular flexibility index (Phi) is 4.09. The van der Waals surface area contributed by atoms with E-state index in [4.69, 9.17) is 4.74 Å². The van der Waals surface area contributed by atoms with Gasteiger partial charge in [0.15, 0.2) is 11.6 Å². The highest BCUT2D eigenvalue weighted by molar-refractivity contribution is 5.48. The molecule has 2 N–H and O–H groups in total. The van der Waals surface area contributed by atoms with Gasteiger partial charge in [-0.3, -0.25) is 0 Å². The number of nitrogens with zero attached hydrogens (tertiary/aromatic N) is 3. The molecular formula is C16H15FN4O2. The SMILES string of the molecule is COc1ccccc1C(Nn1cnnc1)c1cccc(F)c1O. The molecule has 7 heteroatoms. The standard InChI is InChI=1S/C16H15FN4O2/c1-23-14-8-3-2-5-11(14)15(20-21-9-18-19-10-21)12-6-4-7-13(17)16(12)22/h2-10,15,20,22H,1H3. The number of methoxy groups -OCH3 is 1. The number of halogens is 1.